The van der Waals surface area contributed by atoms with Crippen molar-refractivity contribution in [2.24, 2.45) is 0 Å². The topological polar surface area (TPSA) is 26.3 Å². The minimum absolute atomic E-state index is 0.263. The average molecular weight is 263 g/mol. The minimum atomic E-state index is -0.263. The van der Waals surface area contributed by atoms with Gasteiger partial charge in [-0.05, 0) is 29.7 Å². The van der Waals surface area contributed by atoms with Crippen molar-refractivity contribution in [1.29, 1.82) is 0 Å². The number of halogens is 1. The Balaban J connectivity index is 2.13. The van der Waals surface area contributed by atoms with Crippen LogP contribution in [0.3, 0.4) is 0 Å². The third-order valence-electron chi connectivity index (χ3n) is 2.77. The van der Waals surface area contributed by atoms with Crippen molar-refractivity contribution >= 4 is 28.3 Å². The van der Waals surface area contributed by atoms with E-state index in [-0.39, 0.29) is 5.97 Å². The largest absolute Gasteiger partial charge is 0.462 e. The van der Waals surface area contributed by atoms with Crippen molar-refractivity contribution in [3.63, 3.8) is 0 Å². The van der Waals surface area contributed by atoms with Crippen molar-refractivity contribution in [3.05, 3.63) is 48.0 Å². The standard InChI is InChI=1S/C15H15ClO2/c16-10-3-4-11-18-15(17)14-9-5-7-12-6-1-2-8-13(12)14/h1-2,5-9H,3-4,10-11H2. The first kappa shape index (κ1) is 12.9. The van der Waals surface area contributed by atoms with Gasteiger partial charge in [-0.25, -0.2) is 4.79 Å². The van der Waals surface area contributed by atoms with Crippen LogP contribution in [-0.2, 0) is 4.74 Å². The highest BCUT2D eigenvalue weighted by Gasteiger charge is 2.10. The van der Waals surface area contributed by atoms with E-state index in [2.05, 4.69) is 0 Å². The van der Waals surface area contributed by atoms with E-state index in [0.717, 1.165) is 23.6 Å². The SMILES string of the molecule is O=C(OCCCCCl)c1cccc2ccccc12. The number of unbranched alkanes of at least 4 members (excludes halogenated alkanes) is 1. The molecule has 0 heterocycles. The third kappa shape index (κ3) is 3.02. The Morgan fingerprint density at radius 1 is 1.06 bits per heavy atom. The molecule has 0 radical (unpaired) electrons. The van der Waals surface area contributed by atoms with Crippen molar-refractivity contribution < 1.29 is 9.53 Å². The summed E-state index contributed by atoms with van der Waals surface area (Å²) in [6.07, 6.45) is 1.67. The summed E-state index contributed by atoms with van der Waals surface area (Å²) in [6, 6.07) is 13.5. The van der Waals surface area contributed by atoms with Crippen LogP contribution < -0.4 is 0 Å². The maximum atomic E-state index is 12.0. The predicted molar refractivity (Wildman–Crippen MR) is 74.2 cm³/mol. The van der Waals surface area contributed by atoms with Crippen LogP contribution >= 0.6 is 11.6 Å². The maximum absolute atomic E-state index is 12.0. The molecular formula is C15H15ClO2. The number of ether oxygens (including phenoxy) is 1. The van der Waals surface area contributed by atoms with E-state index in [9.17, 15) is 4.79 Å². The highest BCUT2D eigenvalue weighted by Crippen LogP contribution is 2.19. The molecule has 0 N–H and O–H groups in total. The summed E-state index contributed by atoms with van der Waals surface area (Å²) >= 11 is 5.57. The van der Waals surface area contributed by atoms with Crippen LogP contribution in [0.5, 0.6) is 0 Å². The second kappa shape index (κ2) is 6.41. The lowest BCUT2D eigenvalue weighted by atomic mass is 10.1. The third-order valence-corrected chi connectivity index (χ3v) is 3.04. The number of benzene rings is 2. The Kier molecular flexibility index (Phi) is 4.59. The lowest BCUT2D eigenvalue weighted by Crippen LogP contribution is -2.07. The molecule has 0 aliphatic heterocycles. The zero-order valence-electron chi connectivity index (χ0n) is 10.1. The Labute approximate surface area is 112 Å². The molecular weight excluding hydrogens is 248 g/mol. The van der Waals surface area contributed by atoms with Gasteiger partial charge in [0.1, 0.15) is 0 Å². The number of esters is 1. The molecule has 2 rings (SSSR count). The van der Waals surface area contributed by atoms with Crippen LogP contribution in [0.4, 0.5) is 0 Å². The summed E-state index contributed by atoms with van der Waals surface area (Å²) < 4.78 is 5.24. The van der Waals surface area contributed by atoms with Gasteiger partial charge in [-0.1, -0.05) is 36.4 Å². The lowest BCUT2D eigenvalue weighted by Gasteiger charge is -2.07. The first-order valence-electron chi connectivity index (χ1n) is 6.04. The first-order chi connectivity index (χ1) is 8.83. The van der Waals surface area contributed by atoms with Gasteiger partial charge < -0.3 is 4.74 Å². The summed E-state index contributed by atoms with van der Waals surface area (Å²) in [5.74, 6) is 0.340. The quantitative estimate of drug-likeness (QED) is 0.462. The fourth-order valence-electron chi connectivity index (χ4n) is 1.84. The lowest BCUT2D eigenvalue weighted by molar-refractivity contribution is 0.0502. The summed E-state index contributed by atoms with van der Waals surface area (Å²) in [4.78, 5) is 12.0. The van der Waals surface area contributed by atoms with Gasteiger partial charge in [-0.2, -0.15) is 0 Å². The molecule has 2 aromatic rings. The van der Waals surface area contributed by atoms with E-state index in [1.54, 1.807) is 6.07 Å². The number of carbonyl (C=O) groups excluding carboxylic acids is 1. The zero-order chi connectivity index (χ0) is 12.8. The fourth-order valence-corrected chi connectivity index (χ4v) is 2.03. The van der Waals surface area contributed by atoms with Crippen LogP contribution in [0.2, 0.25) is 0 Å². The normalized spacial score (nSPS) is 10.5. The number of hydrogen-bond acceptors (Lipinski definition) is 2. The van der Waals surface area contributed by atoms with E-state index in [0.29, 0.717) is 18.1 Å². The predicted octanol–water partition coefficient (Wildman–Crippen LogP) is 4.02. The number of hydrogen-bond donors (Lipinski definition) is 0. The molecule has 0 bridgehead atoms. The molecule has 94 valence electrons. The van der Waals surface area contributed by atoms with E-state index < -0.39 is 0 Å². The summed E-state index contributed by atoms with van der Waals surface area (Å²) in [5, 5.41) is 1.98. The Bertz CT molecular complexity index is 532. The molecule has 0 spiro atoms. The van der Waals surface area contributed by atoms with Gasteiger partial charge in [0.05, 0.1) is 12.2 Å². The molecule has 2 nitrogen and oxygen atoms in total. The monoisotopic (exact) mass is 262 g/mol. The summed E-state index contributed by atoms with van der Waals surface area (Å²) in [7, 11) is 0. The second-order valence-corrected chi connectivity index (χ2v) is 4.44. The first-order valence-corrected chi connectivity index (χ1v) is 6.57. The molecule has 0 amide bonds. The molecule has 0 unspecified atom stereocenters. The van der Waals surface area contributed by atoms with E-state index in [4.69, 9.17) is 16.3 Å². The average Bonchev–Trinajstić information content (AvgIpc) is 2.43. The van der Waals surface area contributed by atoms with Gasteiger partial charge in [-0.15, -0.1) is 11.6 Å². The molecule has 0 fully saturated rings. The molecule has 0 aliphatic rings. The van der Waals surface area contributed by atoms with Crippen molar-refractivity contribution in [1.82, 2.24) is 0 Å². The molecule has 2 aromatic carbocycles. The maximum Gasteiger partial charge on any atom is 0.338 e. The van der Waals surface area contributed by atoms with Gasteiger partial charge in [0, 0.05) is 5.88 Å². The minimum Gasteiger partial charge on any atom is -0.462 e. The Morgan fingerprint density at radius 2 is 1.83 bits per heavy atom. The van der Waals surface area contributed by atoms with Gasteiger partial charge in [0.25, 0.3) is 0 Å². The molecule has 18 heavy (non-hydrogen) atoms. The number of rotatable bonds is 5. The van der Waals surface area contributed by atoms with Gasteiger partial charge >= 0.3 is 5.97 Å². The van der Waals surface area contributed by atoms with Crippen molar-refractivity contribution in [2.45, 2.75) is 12.8 Å². The van der Waals surface area contributed by atoms with Gasteiger partial charge in [0.2, 0.25) is 0 Å². The highest BCUT2D eigenvalue weighted by atomic mass is 35.5. The molecule has 0 saturated heterocycles. The molecule has 0 saturated carbocycles. The van der Waals surface area contributed by atoms with E-state index >= 15 is 0 Å². The van der Waals surface area contributed by atoms with Crippen molar-refractivity contribution in [3.8, 4) is 0 Å². The number of alkyl halides is 1. The van der Waals surface area contributed by atoms with Crippen LogP contribution in [0.25, 0.3) is 10.8 Å². The molecule has 0 aromatic heterocycles. The van der Waals surface area contributed by atoms with Crippen molar-refractivity contribution in [2.75, 3.05) is 12.5 Å². The Hall–Kier alpha value is -1.54. The Morgan fingerprint density at radius 3 is 2.67 bits per heavy atom. The summed E-state index contributed by atoms with van der Waals surface area (Å²) in [6.45, 7) is 0.425. The fraction of sp³-hybridized carbons (Fsp3) is 0.267. The smallest absolute Gasteiger partial charge is 0.338 e. The molecule has 0 atom stereocenters. The van der Waals surface area contributed by atoms with E-state index in [1.807, 2.05) is 36.4 Å². The number of fused-ring (bicyclic) bond motifs is 1. The van der Waals surface area contributed by atoms with Crippen LogP contribution in [-0.4, -0.2) is 18.5 Å². The number of carbonyl (C=O) groups is 1. The zero-order valence-corrected chi connectivity index (χ0v) is 10.8. The summed E-state index contributed by atoms with van der Waals surface area (Å²) in [5.41, 5.74) is 0.624. The molecule has 0 aliphatic carbocycles. The van der Waals surface area contributed by atoms with Crippen LogP contribution in [0, 0.1) is 0 Å². The molecule has 3 heteroatoms. The highest BCUT2D eigenvalue weighted by molar-refractivity contribution is 6.17. The van der Waals surface area contributed by atoms with Crippen LogP contribution in [0.1, 0.15) is 23.2 Å². The van der Waals surface area contributed by atoms with Gasteiger partial charge in [0.15, 0.2) is 0 Å². The van der Waals surface area contributed by atoms with E-state index in [1.165, 1.54) is 0 Å². The van der Waals surface area contributed by atoms with Gasteiger partial charge in [-0.3, -0.25) is 0 Å². The second-order valence-electron chi connectivity index (χ2n) is 4.06. The van der Waals surface area contributed by atoms with Crippen LogP contribution in [0.15, 0.2) is 42.5 Å².